The molecule has 0 bridgehead atoms. The zero-order chi connectivity index (χ0) is 15.7. The van der Waals surface area contributed by atoms with Crippen LogP contribution in [0.25, 0.3) is 0 Å². The first kappa shape index (κ1) is 20.9. The lowest BCUT2D eigenvalue weighted by Crippen LogP contribution is -2.52. The van der Waals surface area contributed by atoms with Crippen LogP contribution in [0.2, 0.25) is 0 Å². The van der Waals surface area contributed by atoms with Crippen LogP contribution >= 0.6 is 23.7 Å². The van der Waals surface area contributed by atoms with Crippen molar-refractivity contribution in [3.63, 3.8) is 0 Å². The summed E-state index contributed by atoms with van der Waals surface area (Å²) in [5.74, 6) is -0.0935. The second-order valence-corrected chi connectivity index (χ2v) is 5.89. The Labute approximate surface area is 142 Å². The third-order valence-electron chi connectivity index (χ3n) is 3.80. The fourth-order valence-electron chi connectivity index (χ4n) is 2.07. The van der Waals surface area contributed by atoms with Crippen molar-refractivity contribution < 1.29 is 9.59 Å². The van der Waals surface area contributed by atoms with Crippen molar-refractivity contribution >= 4 is 35.6 Å². The summed E-state index contributed by atoms with van der Waals surface area (Å²) in [5.41, 5.74) is 6.13. The number of amides is 2. The predicted octanol–water partition coefficient (Wildman–Crippen LogP) is 2.31. The van der Waals surface area contributed by atoms with E-state index < -0.39 is 0 Å². The summed E-state index contributed by atoms with van der Waals surface area (Å²) in [6, 6.07) is 1.78. The number of nitrogens with one attached hydrogen (secondary N) is 2. The first-order valence-electron chi connectivity index (χ1n) is 7.38. The van der Waals surface area contributed by atoms with Crippen LogP contribution in [-0.2, 0) is 4.79 Å². The summed E-state index contributed by atoms with van der Waals surface area (Å²) < 4.78 is 0. The van der Waals surface area contributed by atoms with Gasteiger partial charge in [-0.2, -0.15) is 11.3 Å². The topological polar surface area (TPSA) is 84.2 Å². The molecule has 126 valence electrons. The van der Waals surface area contributed by atoms with E-state index in [0.29, 0.717) is 31.5 Å². The maximum Gasteiger partial charge on any atom is 0.252 e. The zero-order valence-electron chi connectivity index (χ0n) is 13.2. The summed E-state index contributed by atoms with van der Waals surface area (Å²) in [6.07, 6.45) is 2.66. The van der Waals surface area contributed by atoms with Gasteiger partial charge in [0, 0.05) is 30.5 Å². The van der Waals surface area contributed by atoms with Crippen LogP contribution in [0.5, 0.6) is 0 Å². The molecule has 5 nitrogen and oxygen atoms in total. The van der Waals surface area contributed by atoms with E-state index in [4.69, 9.17) is 5.73 Å². The zero-order valence-corrected chi connectivity index (χ0v) is 14.8. The van der Waals surface area contributed by atoms with Gasteiger partial charge in [-0.1, -0.05) is 13.8 Å². The third-order valence-corrected chi connectivity index (χ3v) is 4.48. The number of carbonyl (C=O) groups is 2. The molecular weight excluding hydrogens is 322 g/mol. The van der Waals surface area contributed by atoms with Crippen molar-refractivity contribution in [2.45, 2.75) is 45.1 Å². The normalized spacial score (nSPS) is 10.7. The van der Waals surface area contributed by atoms with Gasteiger partial charge in [0.1, 0.15) is 0 Å². The molecule has 0 aromatic carbocycles. The van der Waals surface area contributed by atoms with Gasteiger partial charge in [0.15, 0.2) is 0 Å². The molecule has 4 N–H and O–H groups in total. The van der Waals surface area contributed by atoms with E-state index in [0.717, 1.165) is 12.8 Å². The molecule has 0 saturated carbocycles. The summed E-state index contributed by atoms with van der Waals surface area (Å²) in [4.78, 5) is 23.6. The smallest absolute Gasteiger partial charge is 0.252 e. The molecule has 0 aliphatic heterocycles. The van der Waals surface area contributed by atoms with Gasteiger partial charge in [-0.25, -0.2) is 0 Å². The molecule has 1 aromatic heterocycles. The minimum atomic E-state index is -0.295. The Kier molecular flexibility index (Phi) is 10.1. The van der Waals surface area contributed by atoms with E-state index in [9.17, 15) is 9.59 Å². The number of halogens is 1. The third kappa shape index (κ3) is 6.34. The number of rotatable bonds is 9. The monoisotopic (exact) mass is 347 g/mol. The minimum Gasteiger partial charge on any atom is -0.352 e. The number of hydrogen-bond acceptors (Lipinski definition) is 4. The van der Waals surface area contributed by atoms with Crippen LogP contribution in [0.4, 0.5) is 0 Å². The lowest BCUT2D eigenvalue weighted by Gasteiger charge is -2.31. The van der Waals surface area contributed by atoms with Gasteiger partial charge in [-0.05, 0) is 30.7 Å². The summed E-state index contributed by atoms with van der Waals surface area (Å²) >= 11 is 1.49. The molecule has 2 amide bonds. The first-order valence-corrected chi connectivity index (χ1v) is 8.32. The number of hydrogen-bond donors (Lipinski definition) is 3. The molecule has 0 atom stereocenters. The van der Waals surface area contributed by atoms with Crippen LogP contribution in [0.1, 0.15) is 49.9 Å². The number of carbonyl (C=O) groups excluding carboxylic acids is 2. The van der Waals surface area contributed by atoms with Crippen molar-refractivity contribution in [2.24, 2.45) is 5.73 Å². The van der Waals surface area contributed by atoms with Crippen LogP contribution in [0.3, 0.4) is 0 Å². The van der Waals surface area contributed by atoms with Crippen LogP contribution < -0.4 is 16.4 Å². The second kappa shape index (κ2) is 10.6. The molecule has 0 spiro atoms. The van der Waals surface area contributed by atoms with Gasteiger partial charge in [0.05, 0.1) is 5.54 Å². The average molecular weight is 348 g/mol. The SMILES string of the molecule is CCC(CC)(CN)NC(=O)CCCNC(=O)c1ccsc1.Cl. The molecule has 7 heteroatoms. The Bertz CT molecular complexity index is 439. The molecular formula is C15H26ClN3O2S. The largest absolute Gasteiger partial charge is 0.352 e. The molecule has 0 unspecified atom stereocenters. The van der Waals surface area contributed by atoms with E-state index in [2.05, 4.69) is 10.6 Å². The quantitative estimate of drug-likeness (QED) is 0.599. The van der Waals surface area contributed by atoms with E-state index in [1.54, 1.807) is 11.4 Å². The Hall–Kier alpha value is -1.11. The summed E-state index contributed by atoms with van der Waals surface area (Å²) in [5, 5.41) is 9.50. The average Bonchev–Trinajstić information content (AvgIpc) is 3.03. The second-order valence-electron chi connectivity index (χ2n) is 5.11. The van der Waals surface area contributed by atoms with E-state index >= 15 is 0 Å². The Morgan fingerprint density at radius 1 is 1.32 bits per heavy atom. The van der Waals surface area contributed by atoms with Crippen molar-refractivity contribution in [3.05, 3.63) is 22.4 Å². The van der Waals surface area contributed by atoms with E-state index in [1.165, 1.54) is 11.3 Å². The minimum absolute atomic E-state index is 0. The van der Waals surface area contributed by atoms with Crippen LogP contribution in [-0.4, -0.2) is 30.4 Å². The first-order chi connectivity index (χ1) is 10.1. The van der Waals surface area contributed by atoms with Crippen LogP contribution in [0.15, 0.2) is 16.8 Å². The predicted molar refractivity (Wildman–Crippen MR) is 93.6 cm³/mol. The highest BCUT2D eigenvalue weighted by Crippen LogP contribution is 2.13. The van der Waals surface area contributed by atoms with Gasteiger partial charge >= 0.3 is 0 Å². The summed E-state index contributed by atoms with van der Waals surface area (Å²) in [6.45, 7) is 4.99. The molecule has 22 heavy (non-hydrogen) atoms. The molecule has 1 rings (SSSR count). The Morgan fingerprint density at radius 2 is 2.00 bits per heavy atom. The molecule has 0 aliphatic rings. The van der Waals surface area contributed by atoms with Crippen LogP contribution in [0, 0.1) is 0 Å². The molecule has 0 aliphatic carbocycles. The molecule has 1 aromatic rings. The van der Waals surface area contributed by atoms with Crippen molar-refractivity contribution in [2.75, 3.05) is 13.1 Å². The Morgan fingerprint density at radius 3 is 2.50 bits per heavy atom. The van der Waals surface area contributed by atoms with Gasteiger partial charge in [0.25, 0.3) is 5.91 Å². The fraction of sp³-hybridized carbons (Fsp3) is 0.600. The maximum atomic E-state index is 11.9. The van der Waals surface area contributed by atoms with Gasteiger partial charge in [-0.3, -0.25) is 9.59 Å². The van der Waals surface area contributed by atoms with E-state index in [1.807, 2.05) is 19.2 Å². The molecule has 1 heterocycles. The highest BCUT2D eigenvalue weighted by Gasteiger charge is 2.25. The van der Waals surface area contributed by atoms with E-state index in [-0.39, 0.29) is 29.8 Å². The molecule has 0 fully saturated rings. The lowest BCUT2D eigenvalue weighted by molar-refractivity contribution is -0.123. The van der Waals surface area contributed by atoms with Crippen molar-refractivity contribution in [1.29, 1.82) is 0 Å². The van der Waals surface area contributed by atoms with Gasteiger partial charge in [0.2, 0.25) is 5.91 Å². The Balaban J connectivity index is 0.00000441. The fourth-order valence-corrected chi connectivity index (χ4v) is 2.71. The number of nitrogens with two attached hydrogens (primary N) is 1. The standard InChI is InChI=1S/C15H25N3O2S.ClH/c1-3-15(4-2,11-16)18-13(19)6-5-8-17-14(20)12-7-9-21-10-12;/h7,9-10H,3-6,8,11,16H2,1-2H3,(H,17,20)(H,18,19);1H. The van der Waals surface area contributed by atoms with Gasteiger partial charge < -0.3 is 16.4 Å². The summed E-state index contributed by atoms with van der Waals surface area (Å²) in [7, 11) is 0. The lowest BCUT2D eigenvalue weighted by atomic mass is 9.92. The maximum absolute atomic E-state index is 11.9. The van der Waals surface area contributed by atoms with Crippen molar-refractivity contribution in [3.8, 4) is 0 Å². The van der Waals surface area contributed by atoms with Gasteiger partial charge in [-0.15, -0.1) is 12.4 Å². The highest BCUT2D eigenvalue weighted by atomic mass is 35.5. The highest BCUT2D eigenvalue weighted by molar-refractivity contribution is 7.08. The number of thiophene rings is 1. The molecule has 0 saturated heterocycles. The van der Waals surface area contributed by atoms with Crippen molar-refractivity contribution in [1.82, 2.24) is 10.6 Å². The molecule has 0 radical (unpaired) electrons.